The number of thioether (sulfide) groups is 1. The summed E-state index contributed by atoms with van der Waals surface area (Å²) in [5.41, 5.74) is 1.01. The summed E-state index contributed by atoms with van der Waals surface area (Å²) in [7, 11) is 1.87. The van der Waals surface area contributed by atoms with Gasteiger partial charge in [-0.15, -0.1) is 10.2 Å². The summed E-state index contributed by atoms with van der Waals surface area (Å²) in [5.74, 6) is 0.735. The molecule has 0 saturated heterocycles. The molecule has 0 aliphatic rings. The van der Waals surface area contributed by atoms with Crippen molar-refractivity contribution in [1.82, 2.24) is 25.2 Å². The maximum atomic E-state index is 12.0. The molecule has 3 rings (SSSR count). The molecule has 1 N–H and O–H groups in total. The van der Waals surface area contributed by atoms with E-state index in [-0.39, 0.29) is 17.5 Å². The number of amides is 1. The van der Waals surface area contributed by atoms with Gasteiger partial charge in [-0.05, 0) is 10.7 Å². The molecule has 1 amide bonds. The molecule has 130 valence electrons. The lowest BCUT2D eigenvalue weighted by Crippen LogP contribution is -2.25. The van der Waals surface area contributed by atoms with Gasteiger partial charge in [0.15, 0.2) is 5.16 Å². The first-order valence-electron chi connectivity index (χ1n) is 7.61. The van der Waals surface area contributed by atoms with E-state index in [0.29, 0.717) is 18.9 Å². The van der Waals surface area contributed by atoms with E-state index in [1.165, 1.54) is 17.8 Å². The number of hydrogen-bond acceptors (Lipinski definition) is 7. The third-order valence-electron chi connectivity index (χ3n) is 3.23. The van der Waals surface area contributed by atoms with E-state index < -0.39 is 0 Å². The van der Waals surface area contributed by atoms with Crippen molar-refractivity contribution in [3.8, 4) is 5.88 Å². The molecule has 2 aromatic heterocycles. The second-order valence-electron chi connectivity index (χ2n) is 5.13. The molecule has 1 aromatic carbocycles. The van der Waals surface area contributed by atoms with Crippen molar-refractivity contribution in [3.63, 3.8) is 0 Å². The predicted octanol–water partition coefficient (Wildman–Crippen LogP) is 1.90. The SMILES string of the molecule is Cn1cnnc1SCCNC(=O)c1cc(OCc2ccccc2)no1. The molecule has 0 spiro atoms. The quantitative estimate of drug-likeness (QED) is 0.485. The first-order chi connectivity index (χ1) is 12.2. The minimum Gasteiger partial charge on any atom is -0.471 e. The number of ether oxygens (including phenoxy) is 1. The molecule has 0 saturated carbocycles. The van der Waals surface area contributed by atoms with E-state index in [1.807, 2.05) is 41.9 Å². The summed E-state index contributed by atoms with van der Waals surface area (Å²) in [4.78, 5) is 12.0. The molecule has 2 heterocycles. The number of nitrogens with one attached hydrogen (secondary N) is 1. The van der Waals surface area contributed by atoms with E-state index in [4.69, 9.17) is 9.26 Å². The molecule has 0 aliphatic carbocycles. The first-order valence-corrected chi connectivity index (χ1v) is 8.59. The second-order valence-corrected chi connectivity index (χ2v) is 6.19. The Kier molecular flexibility index (Phi) is 5.68. The lowest BCUT2D eigenvalue weighted by atomic mass is 10.2. The van der Waals surface area contributed by atoms with Gasteiger partial charge in [-0.25, -0.2) is 0 Å². The third-order valence-corrected chi connectivity index (χ3v) is 4.27. The van der Waals surface area contributed by atoms with Gasteiger partial charge in [0.25, 0.3) is 11.8 Å². The largest absolute Gasteiger partial charge is 0.471 e. The molecule has 25 heavy (non-hydrogen) atoms. The van der Waals surface area contributed by atoms with Crippen LogP contribution in [-0.4, -0.2) is 38.1 Å². The number of rotatable bonds is 8. The van der Waals surface area contributed by atoms with Gasteiger partial charge in [0.2, 0.25) is 5.76 Å². The van der Waals surface area contributed by atoms with E-state index in [9.17, 15) is 4.79 Å². The Morgan fingerprint density at radius 2 is 2.20 bits per heavy atom. The highest BCUT2D eigenvalue weighted by Crippen LogP contribution is 2.14. The van der Waals surface area contributed by atoms with Gasteiger partial charge in [0.05, 0.1) is 6.07 Å². The Morgan fingerprint density at radius 3 is 2.96 bits per heavy atom. The Labute approximate surface area is 148 Å². The average molecular weight is 359 g/mol. The zero-order valence-electron chi connectivity index (χ0n) is 13.6. The van der Waals surface area contributed by atoms with Crippen molar-refractivity contribution in [2.45, 2.75) is 11.8 Å². The van der Waals surface area contributed by atoms with Gasteiger partial charge in [-0.1, -0.05) is 42.1 Å². The fraction of sp³-hybridized carbons (Fsp3) is 0.250. The van der Waals surface area contributed by atoms with E-state index >= 15 is 0 Å². The Balaban J connectivity index is 1.42. The third kappa shape index (κ3) is 4.83. The van der Waals surface area contributed by atoms with Crippen LogP contribution in [0.15, 0.2) is 52.4 Å². The van der Waals surface area contributed by atoms with Crippen molar-refractivity contribution >= 4 is 17.7 Å². The fourth-order valence-corrected chi connectivity index (χ4v) is 2.71. The number of benzene rings is 1. The highest BCUT2D eigenvalue weighted by atomic mass is 32.2. The number of aromatic nitrogens is 4. The number of carbonyl (C=O) groups excluding carboxylic acids is 1. The maximum Gasteiger partial charge on any atom is 0.290 e. The van der Waals surface area contributed by atoms with Crippen LogP contribution in [0.5, 0.6) is 5.88 Å². The van der Waals surface area contributed by atoms with Crippen LogP contribution in [-0.2, 0) is 13.7 Å². The molecule has 0 aliphatic heterocycles. The molecule has 0 unspecified atom stereocenters. The van der Waals surface area contributed by atoms with Crippen LogP contribution in [0.25, 0.3) is 0 Å². The topological polar surface area (TPSA) is 95.1 Å². The minimum atomic E-state index is -0.333. The van der Waals surface area contributed by atoms with Crippen molar-refractivity contribution in [1.29, 1.82) is 0 Å². The highest BCUT2D eigenvalue weighted by Gasteiger charge is 2.13. The number of aryl methyl sites for hydroxylation is 1. The monoisotopic (exact) mass is 359 g/mol. The molecule has 9 heteroatoms. The zero-order chi connectivity index (χ0) is 17.5. The Bertz CT molecular complexity index is 818. The van der Waals surface area contributed by atoms with Crippen LogP contribution in [0, 0.1) is 0 Å². The molecule has 0 atom stereocenters. The van der Waals surface area contributed by atoms with Gasteiger partial charge < -0.3 is 19.1 Å². The van der Waals surface area contributed by atoms with Gasteiger partial charge in [0.1, 0.15) is 12.9 Å². The lowest BCUT2D eigenvalue weighted by Gasteiger charge is -2.02. The zero-order valence-corrected chi connectivity index (χ0v) is 14.4. The summed E-state index contributed by atoms with van der Waals surface area (Å²) < 4.78 is 12.3. The Hall–Kier alpha value is -2.81. The summed E-state index contributed by atoms with van der Waals surface area (Å²) in [6.07, 6.45) is 1.63. The van der Waals surface area contributed by atoms with E-state index in [0.717, 1.165) is 10.7 Å². The molecule has 0 fully saturated rings. The number of carbonyl (C=O) groups is 1. The van der Waals surface area contributed by atoms with Crippen LogP contribution in [0.3, 0.4) is 0 Å². The fourth-order valence-electron chi connectivity index (χ4n) is 1.96. The van der Waals surface area contributed by atoms with Crippen molar-refractivity contribution in [2.75, 3.05) is 12.3 Å². The highest BCUT2D eigenvalue weighted by molar-refractivity contribution is 7.99. The lowest BCUT2D eigenvalue weighted by molar-refractivity contribution is 0.0919. The molecule has 3 aromatic rings. The molecule has 0 radical (unpaired) electrons. The second kappa shape index (κ2) is 8.34. The number of hydrogen-bond donors (Lipinski definition) is 1. The standard InChI is InChI=1S/C16H17N5O3S/c1-21-11-18-19-16(21)25-8-7-17-15(22)13-9-14(20-24-13)23-10-12-5-3-2-4-6-12/h2-6,9,11H,7-8,10H2,1H3,(H,17,22). The van der Waals surface area contributed by atoms with E-state index in [1.54, 1.807) is 6.33 Å². The number of nitrogens with zero attached hydrogens (tertiary/aromatic N) is 4. The van der Waals surface area contributed by atoms with Gasteiger partial charge in [0, 0.05) is 19.3 Å². The summed E-state index contributed by atoms with van der Waals surface area (Å²) in [6.45, 7) is 0.833. The van der Waals surface area contributed by atoms with E-state index in [2.05, 4.69) is 20.7 Å². The molecular formula is C16H17N5O3S. The average Bonchev–Trinajstić information content (AvgIpc) is 3.27. The summed E-state index contributed by atoms with van der Waals surface area (Å²) >= 11 is 1.51. The summed E-state index contributed by atoms with van der Waals surface area (Å²) in [6, 6.07) is 11.2. The van der Waals surface area contributed by atoms with Crippen molar-refractivity contribution < 1.29 is 14.1 Å². The summed E-state index contributed by atoms with van der Waals surface area (Å²) in [5, 5.41) is 15.1. The maximum absolute atomic E-state index is 12.0. The normalized spacial score (nSPS) is 10.6. The minimum absolute atomic E-state index is 0.117. The van der Waals surface area contributed by atoms with Gasteiger partial charge >= 0.3 is 0 Å². The molecule has 0 bridgehead atoms. The first kappa shape index (κ1) is 17.0. The van der Waals surface area contributed by atoms with Crippen LogP contribution >= 0.6 is 11.8 Å². The molecular weight excluding hydrogens is 342 g/mol. The van der Waals surface area contributed by atoms with Crippen LogP contribution in [0.2, 0.25) is 0 Å². The Morgan fingerprint density at radius 1 is 1.36 bits per heavy atom. The van der Waals surface area contributed by atoms with Gasteiger partial charge in [-0.3, -0.25) is 4.79 Å². The van der Waals surface area contributed by atoms with Crippen LogP contribution in [0.4, 0.5) is 0 Å². The van der Waals surface area contributed by atoms with Crippen LogP contribution in [0.1, 0.15) is 16.1 Å². The van der Waals surface area contributed by atoms with Crippen molar-refractivity contribution in [3.05, 3.63) is 54.0 Å². The van der Waals surface area contributed by atoms with Gasteiger partial charge in [-0.2, -0.15) is 0 Å². The predicted molar refractivity (Wildman–Crippen MR) is 91.3 cm³/mol. The van der Waals surface area contributed by atoms with Crippen molar-refractivity contribution in [2.24, 2.45) is 7.05 Å². The molecule has 8 nitrogen and oxygen atoms in total. The smallest absolute Gasteiger partial charge is 0.290 e. The van der Waals surface area contributed by atoms with Crippen LogP contribution < -0.4 is 10.1 Å².